The minimum atomic E-state index is -0.890. The fraction of sp³-hybridized carbons (Fsp3) is 0. The number of primary amides is 1. The fourth-order valence-corrected chi connectivity index (χ4v) is 2.02. The lowest BCUT2D eigenvalue weighted by Crippen LogP contribution is -2.15. The van der Waals surface area contributed by atoms with Crippen LogP contribution in [-0.2, 0) is 0 Å². The van der Waals surface area contributed by atoms with Crippen LogP contribution in [0, 0.1) is 0 Å². The summed E-state index contributed by atoms with van der Waals surface area (Å²) in [6, 6.07) is 7.56. The summed E-state index contributed by atoms with van der Waals surface area (Å²) in [5, 5.41) is 8.39. The summed E-state index contributed by atoms with van der Waals surface area (Å²) in [6.07, 6.45) is -0.890. The zero-order valence-electron chi connectivity index (χ0n) is 7.88. The van der Waals surface area contributed by atoms with Gasteiger partial charge in [0.15, 0.2) is 5.01 Å². The monoisotopic (exact) mass is 299 g/mol. The second kappa shape index (κ2) is 4.58. The number of hydrogen-bond donors (Lipinski definition) is 1. The first kappa shape index (κ1) is 11.0. The molecule has 2 rings (SSSR count). The second-order valence-corrected chi connectivity index (χ2v) is 4.66. The molecule has 0 bridgehead atoms. The van der Waals surface area contributed by atoms with E-state index in [-0.39, 0.29) is 5.19 Å². The number of carbonyl (C=O) groups is 1. The van der Waals surface area contributed by atoms with Gasteiger partial charge in [0, 0.05) is 10.0 Å². The smallest absolute Gasteiger partial charge is 0.380 e. The summed E-state index contributed by atoms with van der Waals surface area (Å²) in [5.41, 5.74) is 5.77. The van der Waals surface area contributed by atoms with Gasteiger partial charge in [-0.25, -0.2) is 4.79 Å². The highest BCUT2D eigenvalue weighted by atomic mass is 79.9. The lowest BCUT2D eigenvalue weighted by atomic mass is 10.2. The molecule has 0 aliphatic heterocycles. The van der Waals surface area contributed by atoms with Crippen LogP contribution in [0.25, 0.3) is 10.6 Å². The highest BCUT2D eigenvalue weighted by molar-refractivity contribution is 9.10. The Balaban J connectivity index is 2.24. The van der Waals surface area contributed by atoms with Crippen molar-refractivity contribution in [3.63, 3.8) is 0 Å². The van der Waals surface area contributed by atoms with E-state index < -0.39 is 6.09 Å². The first-order chi connectivity index (χ1) is 7.65. The van der Waals surface area contributed by atoms with Crippen molar-refractivity contribution in [3.8, 4) is 15.8 Å². The van der Waals surface area contributed by atoms with Gasteiger partial charge in [-0.1, -0.05) is 44.5 Å². The Bertz CT molecular complexity index is 512. The minimum absolute atomic E-state index is 0.144. The molecular formula is C9H6BrN3O2S. The second-order valence-electron chi connectivity index (χ2n) is 2.80. The first-order valence-electron chi connectivity index (χ1n) is 4.22. The molecule has 7 heteroatoms. The van der Waals surface area contributed by atoms with E-state index in [1.165, 1.54) is 0 Å². The fourth-order valence-electron chi connectivity index (χ4n) is 1.05. The maximum atomic E-state index is 10.5. The molecule has 0 unspecified atom stereocenters. The summed E-state index contributed by atoms with van der Waals surface area (Å²) in [5.74, 6) is 0. The predicted octanol–water partition coefficient (Wildman–Crippen LogP) is 2.43. The standard InChI is InChI=1S/C9H6BrN3O2S/c10-6-3-1-5(2-4-6)7-12-13-9(16-7)15-8(11)14/h1-4H,(H2,11,14). The van der Waals surface area contributed by atoms with Gasteiger partial charge in [-0.05, 0) is 12.1 Å². The molecular weight excluding hydrogens is 294 g/mol. The van der Waals surface area contributed by atoms with E-state index in [0.717, 1.165) is 21.4 Å². The van der Waals surface area contributed by atoms with Crippen LogP contribution >= 0.6 is 27.3 Å². The van der Waals surface area contributed by atoms with Crippen molar-refractivity contribution in [1.29, 1.82) is 0 Å². The number of ether oxygens (including phenoxy) is 1. The average molecular weight is 300 g/mol. The molecule has 0 aliphatic carbocycles. The minimum Gasteiger partial charge on any atom is -0.380 e. The molecule has 0 saturated carbocycles. The Labute approximate surface area is 103 Å². The molecule has 16 heavy (non-hydrogen) atoms. The van der Waals surface area contributed by atoms with Crippen molar-refractivity contribution in [2.45, 2.75) is 0 Å². The number of carbonyl (C=O) groups excluding carboxylic acids is 1. The third-order valence-corrected chi connectivity index (χ3v) is 3.06. The van der Waals surface area contributed by atoms with Crippen LogP contribution in [0.15, 0.2) is 28.7 Å². The lowest BCUT2D eigenvalue weighted by molar-refractivity contribution is 0.210. The maximum Gasteiger partial charge on any atom is 0.411 e. The van der Waals surface area contributed by atoms with Crippen LogP contribution in [0.2, 0.25) is 0 Å². The molecule has 1 amide bonds. The number of halogens is 1. The molecule has 1 aromatic carbocycles. The summed E-state index contributed by atoms with van der Waals surface area (Å²) in [7, 11) is 0. The molecule has 0 radical (unpaired) electrons. The van der Waals surface area contributed by atoms with Crippen LogP contribution < -0.4 is 10.5 Å². The van der Waals surface area contributed by atoms with Gasteiger partial charge in [0.1, 0.15) is 0 Å². The Hall–Kier alpha value is -1.47. The number of hydrogen-bond acceptors (Lipinski definition) is 5. The van der Waals surface area contributed by atoms with Gasteiger partial charge in [-0.15, -0.1) is 5.10 Å². The molecule has 0 saturated heterocycles. The Morgan fingerprint density at radius 2 is 2.00 bits per heavy atom. The van der Waals surface area contributed by atoms with Gasteiger partial charge in [0.25, 0.3) is 0 Å². The molecule has 1 aromatic heterocycles. The number of nitrogens with two attached hydrogens (primary N) is 1. The van der Waals surface area contributed by atoms with Gasteiger partial charge >= 0.3 is 11.3 Å². The topological polar surface area (TPSA) is 78.1 Å². The van der Waals surface area contributed by atoms with Gasteiger partial charge < -0.3 is 10.5 Å². The van der Waals surface area contributed by atoms with Crippen molar-refractivity contribution in [2.24, 2.45) is 5.73 Å². The number of nitrogens with zero attached hydrogens (tertiary/aromatic N) is 2. The molecule has 0 fully saturated rings. The van der Waals surface area contributed by atoms with Crippen LogP contribution in [0.4, 0.5) is 4.79 Å². The van der Waals surface area contributed by atoms with E-state index in [1.807, 2.05) is 24.3 Å². The van der Waals surface area contributed by atoms with Crippen LogP contribution in [0.5, 0.6) is 5.19 Å². The van der Waals surface area contributed by atoms with Gasteiger partial charge in [-0.2, -0.15) is 0 Å². The van der Waals surface area contributed by atoms with Crippen LogP contribution in [-0.4, -0.2) is 16.3 Å². The molecule has 82 valence electrons. The van der Waals surface area contributed by atoms with Gasteiger partial charge in [-0.3, -0.25) is 0 Å². The molecule has 2 N–H and O–H groups in total. The Kier molecular flexibility index (Phi) is 3.16. The van der Waals surface area contributed by atoms with Crippen molar-refractivity contribution in [3.05, 3.63) is 28.7 Å². The maximum absolute atomic E-state index is 10.5. The zero-order valence-corrected chi connectivity index (χ0v) is 10.3. The first-order valence-corrected chi connectivity index (χ1v) is 5.83. The van der Waals surface area contributed by atoms with E-state index in [0.29, 0.717) is 5.01 Å². The van der Waals surface area contributed by atoms with Crippen LogP contribution in [0.1, 0.15) is 0 Å². The molecule has 0 aliphatic rings. The zero-order chi connectivity index (χ0) is 11.5. The SMILES string of the molecule is NC(=O)Oc1nnc(-c2ccc(Br)cc2)s1. The van der Waals surface area contributed by atoms with Gasteiger partial charge in [0.2, 0.25) is 0 Å². The summed E-state index contributed by atoms with van der Waals surface area (Å²) < 4.78 is 5.60. The summed E-state index contributed by atoms with van der Waals surface area (Å²) in [4.78, 5) is 10.5. The average Bonchev–Trinajstić information content (AvgIpc) is 2.66. The summed E-state index contributed by atoms with van der Waals surface area (Å²) >= 11 is 4.50. The van der Waals surface area contributed by atoms with Crippen LogP contribution in [0.3, 0.4) is 0 Å². The largest absolute Gasteiger partial charge is 0.411 e. The van der Waals surface area contributed by atoms with Crippen molar-refractivity contribution < 1.29 is 9.53 Å². The van der Waals surface area contributed by atoms with E-state index in [4.69, 9.17) is 5.73 Å². The highest BCUT2D eigenvalue weighted by Gasteiger charge is 2.09. The third-order valence-electron chi connectivity index (χ3n) is 1.69. The van der Waals surface area contributed by atoms with E-state index in [9.17, 15) is 4.79 Å². The van der Waals surface area contributed by atoms with Crippen molar-refractivity contribution in [1.82, 2.24) is 10.2 Å². The van der Waals surface area contributed by atoms with E-state index >= 15 is 0 Å². The molecule has 2 aromatic rings. The quantitative estimate of drug-likeness (QED) is 0.924. The number of rotatable bonds is 2. The molecule has 0 atom stereocenters. The highest BCUT2D eigenvalue weighted by Crippen LogP contribution is 2.28. The molecule has 1 heterocycles. The van der Waals surface area contributed by atoms with Crippen molar-refractivity contribution in [2.75, 3.05) is 0 Å². The predicted molar refractivity (Wildman–Crippen MR) is 63.3 cm³/mol. The van der Waals surface area contributed by atoms with E-state index in [1.54, 1.807) is 0 Å². The Morgan fingerprint density at radius 3 is 2.62 bits per heavy atom. The molecule has 5 nitrogen and oxygen atoms in total. The normalized spacial score (nSPS) is 10.1. The summed E-state index contributed by atoms with van der Waals surface area (Å²) in [6.45, 7) is 0. The third kappa shape index (κ3) is 2.56. The number of benzene rings is 1. The number of aromatic nitrogens is 2. The van der Waals surface area contributed by atoms with Crippen molar-refractivity contribution >= 4 is 33.4 Å². The molecule has 0 spiro atoms. The number of amides is 1. The Morgan fingerprint density at radius 1 is 1.31 bits per heavy atom. The lowest BCUT2D eigenvalue weighted by Gasteiger charge is -1.94. The van der Waals surface area contributed by atoms with E-state index in [2.05, 4.69) is 30.9 Å². The van der Waals surface area contributed by atoms with Gasteiger partial charge in [0.05, 0.1) is 0 Å².